The van der Waals surface area contributed by atoms with Gasteiger partial charge in [0.15, 0.2) is 6.61 Å². The third-order valence-corrected chi connectivity index (χ3v) is 3.97. The number of hydrogen-bond donors (Lipinski definition) is 2. The zero-order valence-electron chi connectivity index (χ0n) is 17.0. The van der Waals surface area contributed by atoms with E-state index >= 15 is 0 Å². The van der Waals surface area contributed by atoms with Crippen molar-refractivity contribution in [1.82, 2.24) is 5.32 Å². The number of rotatable bonds is 9. The average Bonchev–Trinajstić information content (AvgIpc) is 2.76. The topological polar surface area (TPSA) is 103 Å². The monoisotopic (exact) mass is 412 g/mol. The first-order chi connectivity index (χ1) is 14.4. The van der Waals surface area contributed by atoms with Gasteiger partial charge in [0, 0.05) is 12.1 Å². The van der Waals surface area contributed by atoms with Crippen LogP contribution in [0.4, 0.5) is 5.69 Å². The molecule has 0 saturated carbocycles. The predicted molar refractivity (Wildman–Crippen MR) is 112 cm³/mol. The Balaban J connectivity index is 1.81. The average molecular weight is 412 g/mol. The standard InChI is InChI=1S/C22H24N2O6/c1-15(23-20(25)12-9-16-7-5-4-6-8-16)22(27)30-14-21(26)24-18-11-10-17(28-2)13-19(18)29-3/h4-13,15H,14H2,1-3H3,(H,23,25)(H,24,26)/b12-9+/t15-/m0/s1. The fraction of sp³-hybridized carbons (Fsp3) is 0.227. The molecule has 0 unspecified atom stereocenters. The molecule has 2 amide bonds. The number of nitrogens with one attached hydrogen (secondary N) is 2. The Labute approximate surface area is 174 Å². The van der Waals surface area contributed by atoms with Gasteiger partial charge in [-0.2, -0.15) is 0 Å². The second-order valence-electron chi connectivity index (χ2n) is 6.20. The third kappa shape index (κ3) is 6.97. The summed E-state index contributed by atoms with van der Waals surface area (Å²) in [6.45, 7) is 0.967. The van der Waals surface area contributed by atoms with Crippen molar-refractivity contribution in [1.29, 1.82) is 0 Å². The van der Waals surface area contributed by atoms with Gasteiger partial charge in [0.25, 0.3) is 5.91 Å². The van der Waals surface area contributed by atoms with Gasteiger partial charge >= 0.3 is 5.97 Å². The quantitative estimate of drug-likeness (QED) is 0.484. The van der Waals surface area contributed by atoms with E-state index in [0.717, 1.165) is 5.56 Å². The molecule has 158 valence electrons. The highest BCUT2D eigenvalue weighted by molar-refractivity contribution is 5.96. The molecule has 0 bridgehead atoms. The molecule has 2 aromatic carbocycles. The van der Waals surface area contributed by atoms with Crippen molar-refractivity contribution in [2.24, 2.45) is 0 Å². The van der Waals surface area contributed by atoms with E-state index in [9.17, 15) is 14.4 Å². The van der Waals surface area contributed by atoms with Gasteiger partial charge in [-0.05, 0) is 30.7 Å². The molecule has 8 heteroatoms. The normalized spacial score (nSPS) is 11.4. The molecule has 2 aromatic rings. The largest absolute Gasteiger partial charge is 0.497 e. The van der Waals surface area contributed by atoms with Crippen molar-refractivity contribution in [3.8, 4) is 11.5 Å². The van der Waals surface area contributed by atoms with Crippen LogP contribution in [0.2, 0.25) is 0 Å². The van der Waals surface area contributed by atoms with Crippen molar-refractivity contribution in [3.63, 3.8) is 0 Å². The van der Waals surface area contributed by atoms with Crippen molar-refractivity contribution >= 4 is 29.5 Å². The van der Waals surface area contributed by atoms with Gasteiger partial charge in [0.2, 0.25) is 5.91 Å². The number of esters is 1. The molecule has 0 fully saturated rings. The molecule has 1 atom stereocenters. The van der Waals surface area contributed by atoms with E-state index in [4.69, 9.17) is 14.2 Å². The lowest BCUT2D eigenvalue weighted by atomic mass is 10.2. The molecule has 0 aromatic heterocycles. The predicted octanol–water partition coefficient (Wildman–Crippen LogP) is 2.40. The van der Waals surface area contributed by atoms with Gasteiger partial charge in [0.05, 0.1) is 19.9 Å². The number of carbonyl (C=O) groups is 3. The van der Waals surface area contributed by atoms with Crippen molar-refractivity contribution in [2.75, 3.05) is 26.1 Å². The minimum absolute atomic E-state index is 0.403. The fourth-order valence-corrected chi connectivity index (χ4v) is 2.41. The Hall–Kier alpha value is -3.81. The molecule has 0 radical (unpaired) electrons. The first-order valence-electron chi connectivity index (χ1n) is 9.15. The molecular weight excluding hydrogens is 388 g/mol. The van der Waals surface area contributed by atoms with Crippen LogP contribution in [0.3, 0.4) is 0 Å². The van der Waals surface area contributed by atoms with E-state index in [1.165, 1.54) is 27.2 Å². The first kappa shape index (κ1) is 22.5. The minimum Gasteiger partial charge on any atom is -0.497 e. The molecule has 2 rings (SSSR count). The molecule has 0 saturated heterocycles. The van der Waals surface area contributed by atoms with Gasteiger partial charge in [0.1, 0.15) is 17.5 Å². The molecule has 0 aliphatic carbocycles. The number of carbonyl (C=O) groups excluding carboxylic acids is 3. The minimum atomic E-state index is -0.916. The van der Waals surface area contributed by atoms with E-state index in [2.05, 4.69) is 10.6 Å². The zero-order chi connectivity index (χ0) is 21.9. The molecule has 8 nitrogen and oxygen atoms in total. The van der Waals surface area contributed by atoms with Gasteiger partial charge in [-0.15, -0.1) is 0 Å². The molecular formula is C22H24N2O6. The molecule has 2 N–H and O–H groups in total. The van der Waals surface area contributed by atoms with Crippen LogP contribution in [-0.4, -0.2) is 44.7 Å². The molecule has 0 aliphatic rings. The Morgan fingerprint density at radius 1 is 1.03 bits per heavy atom. The van der Waals surface area contributed by atoms with Crippen LogP contribution in [0, 0.1) is 0 Å². The Kier molecular flexibility index (Phi) is 8.43. The van der Waals surface area contributed by atoms with Crippen LogP contribution < -0.4 is 20.1 Å². The lowest BCUT2D eigenvalue weighted by Crippen LogP contribution is -2.39. The van der Waals surface area contributed by atoms with Gasteiger partial charge in [-0.3, -0.25) is 9.59 Å². The highest BCUT2D eigenvalue weighted by Gasteiger charge is 2.18. The summed E-state index contributed by atoms with van der Waals surface area (Å²) < 4.78 is 15.3. The number of benzene rings is 2. The maximum atomic E-state index is 12.1. The van der Waals surface area contributed by atoms with E-state index in [1.54, 1.807) is 24.3 Å². The van der Waals surface area contributed by atoms with Crippen molar-refractivity contribution in [3.05, 3.63) is 60.2 Å². The summed E-state index contributed by atoms with van der Waals surface area (Å²) in [5, 5.41) is 5.08. The number of amides is 2. The summed E-state index contributed by atoms with van der Waals surface area (Å²) in [7, 11) is 2.98. The SMILES string of the molecule is COc1ccc(NC(=O)COC(=O)[C@H](C)NC(=O)/C=C/c2ccccc2)c(OC)c1. The van der Waals surface area contributed by atoms with E-state index in [1.807, 2.05) is 30.3 Å². The van der Waals surface area contributed by atoms with Crippen LogP contribution in [0.5, 0.6) is 11.5 Å². The summed E-state index contributed by atoms with van der Waals surface area (Å²) in [4.78, 5) is 36.0. The Morgan fingerprint density at radius 2 is 1.77 bits per heavy atom. The smallest absolute Gasteiger partial charge is 0.328 e. The van der Waals surface area contributed by atoms with Crippen LogP contribution in [-0.2, 0) is 19.1 Å². The highest BCUT2D eigenvalue weighted by atomic mass is 16.5. The lowest BCUT2D eigenvalue weighted by molar-refractivity contribution is -0.149. The summed E-state index contributed by atoms with van der Waals surface area (Å²) >= 11 is 0. The fourth-order valence-electron chi connectivity index (χ4n) is 2.41. The number of hydrogen-bond acceptors (Lipinski definition) is 6. The molecule has 0 aliphatic heterocycles. The number of anilines is 1. The molecule has 30 heavy (non-hydrogen) atoms. The van der Waals surface area contributed by atoms with Gasteiger partial charge in [-0.25, -0.2) is 4.79 Å². The summed E-state index contributed by atoms with van der Waals surface area (Å²) in [5.74, 6) is -0.750. The van der Waals surface area contributed by atoms with E-state index in [0.29, 0.717) is 17.2 Å². The molecule has 0 heterocycles. The van der Waals surface area contributed by atoms with Crippen LogP contribution in [0.1, 0.15) is 12.5 Å². The van der Waals surface area contributed by atoms with Crippen LogP contribution >= 0.6 is 0 Å². The van der Waals surface area contributed by atoms with Gasteiger partial charge in [-0.1, -0.05) is 30.3 Å². The van der Waals surface area contributed by atoms with Gasteiger partial charge < -0.3 is 24.8 Å². The van der Waals surface area contributed by atoms with E-state index in [-0.39, 0.29) is 0 Å². The summed E-state index contributed by atoms with van der Waals surface area (Å²) in [5.41, 5.74) is 1.26. The highest BCUT2D eigenvalue weighted by Crippen LogP contribution is 2.28. The van der Waals surface area contributed by atoms with Crippen molar-refractivity contribution < 1.29 is 28.6 Å². The first-order valence-corrected chi connectivity index (χ1v) is 9.15. The van der Waals surface area contributed by atoms with E-state index < -0.39 is 30.4 Å². The number of methoxy groups -OCH3 is 2. The van der Waals surface area contributed by atoms with Crippen LogP contribution in [0.25, 0.3) is 6.08 Å². The maximum absolute atomic E-state index is 12.1. The van der Waals surface area contributed by atoms with Crippen LogP contribution in [0.15, 0.2) is 54.6 Å². The summed E-state index contributed by atoms with van der Waals surface area (Å²) in [6.07, 6.45) is 2.95. The summed E-state index contributed by atoms with van der Waals surface area (Å²) in [6, 6.07) is 13.2. The Bertz CT molecular complexity index is 911. The number of ether oxygens (including phenoxy) is 3. The molecule has 0 spiro atoms. The maximum Gasteiger partial charge on any atom is 0.328 e. The zero-order valence-corrected chi connectivity index (χ0v) is 17.0. The second-order valence-corrected chi connectivity index (χ2v) is 6.20. The Morgan fingerprint density at radius 3 is 2.43 bits per heavy atom. The lowest BCUT2D eigenvalue weighted by Gasteiger charge is -2.14. The second kappa shape index (κ2) is 11.3. The van der Waals surface area contributed by atoms with Crippen molar-refractivity contribution in [2.45, 2.75) is 13.0 Å². The third-order valence-electron chi connectivity index (χ3n) is 3.97.